The Balaban J connectivity index is 1.87. The van der Waals surface area contributed by atoms with E-state index in [9.17, 15) is 14.9 Å². The molecule has 0 atom stereocenters. The molecule has 0 spiro atoms. The van der Waals surface area contributed by atoms with Crippen molar-refractivity contribution < 1.29 is 4.92 Å². The van der Waals surface area contributed by atoms with Gasteiger partial charge in [0.25, 0.3) is 5.69 Å². The summed E-state index contributed by atoms with van der Waals surface area (Å²) in [4.78, 5) is 23.1. The fourth-order valence-corrected chi connectivity index (χ4v) is 3.26. The van der Waals surface area contributed by atoms with Crippen LogP contribution >= 0.6 is 15.9 Å². The number of benzene rings is 2. The lowest BCUT2D eigenvalue weighted by Crippen LogP contribution is -2.05. The molecule has 1 aromatic heterocycles. The van der Waals surface area contributed by atoms with Gasteiger partial charge in [-0.2, -0.15) is 5.10 Å². The van der Waals surface area contributed by atoms with Gasteiger partial charge in [0.1, 0.15) is 5.52 Å². The van der Waals surface area contributed by atoms with Crippen molar-refractivity contribution in [2.24, 2.45) is 0 Å². The lowest BCUT2D eigenvalue weighted by Gasteiger charge is -2.01. The van der Waals surface area contributed by atoms with Crippen LogP contribution in [-0.2, 0) is 0 Å². The molecule has 0 unspecified atom stereocenters. The third kappa shape index (κ3) is 3.86. The average Bonchev–Trinajstić information content (AvgIpc) is 2.98. The van der Waals surface area contributed by atoms with E-state index in [0.717, 1.165) is 10.0 Å². The first-order valence-corrected chi connectivity index (χ1v) is 9.53. The van der Waals surface area contributed by atoms with Crippen molar-refractivity contribution in [3.05, 3.63) is 109 Å². The quantitative estimate of drug-likeness (QED) is 0.317. The van der Waals surface area contributed by atoms with E-state index in [1.807, 2.05) is 42.5 Å². The van der Waals surface area contributed by atoms with Crippen LogP contribution in [0.4, 0.5) is 5.69 Å². The molecule has 0 amide bonds. The summed E-state index contributed by atoms with van der Waals surface area (Å²) < 4.78 is 2.52. The molecule has 29 heavy (non-hydrogen) atoms. The lowest BCUT2D eigenvalue weighted by molar-refractivity contribution is -0.384. The van der Waals surface area contributed by atoms with E-state index in [4.69, 9.17) is 0 Å². The minimum atomic E-state index is -0.462. The van der Waals surface area contributed by atoms with Gasteiger partial charge >= 0.3 is 0 Å². The Labute approximate surface area is 174 Å². The first-order valence-electron chi connectivity index (χ1n) is 8.73. The van der Waals surface area contributed by atoms with E-state index in [-0.39, 0.29) is 11.1 Å². The molecule has 4 aromatic rings. The van der Waals surface area contributed by atoms with Crippen LogP contribution in [0.1, 0.15) is 11.3 Å². The van der Waals surface area contributed by atoms with E-state index in [1.165, 1.54) is 22.9 Å². The van der Waals surface area contributed by atoms with Crippen molar-refractivity contribution in [3.63, 3.8) is 0 Å². The second-order valence-electron chi connectivity index (χ2n) is 6.30. The Morgan fingerprint density at radius 2 is 1.62 bits per heavy atom. The molecule has 0 aliphatic heterocycles. The number of hydrogen-bond acceptors (Lipinski definition) is 4. The van der Waals surface area contributed by atoms with Crippen LogP contribution in [0.5, 0.6) is 0 Å². The number of fused-ring (bicyclic) bond motifs is 1. The third-order valence-electron chi connectivity index (χ3n) is 4.41. The number of rotatable bonds is 4. The number of nitro groups is 1. The maximum Gasteiger partial charge on any atom is 0.269 e. The molecule has 0 N–H and O–H groups in total. The molecule has 142 valence electrons. The average molecular weight is 448 g/mol. The van der Waals surface area contributed by atoms with Crippen molar-refractivity contribution in [2.45, 2.75) is 0 Å². The number of halogens is 1. The van der Waals surface area contributed by atoms with Gasteiger partial charge in [0, 0.05) is 22.0 Å². The number of aromatic nitrogens is 2. The van der Waals surface area contributed by atoms with Crippen LogP contribution in [0.3, 0.4) is 0 Å². The second-order valence-corrected chi connectivity index (χ2v) is 7.22. The summed E-state index contributed by atoms with van der Waals surface area (Å²) in [5.74, 6) is 0. The summed E-state index contributed by atoms with van der Waals surface area (Å²) in [6, 6.07) is 20.6. The first kappa shape index (κ1) is 18.8. The fraction of sp³-hybridized carbons (Fsp3) is 0. The van der Waals surface area contributed by atoms with Gasteiger partial charge in [0.15, 0.2) is 0 Å². The van der Waals surface area contributed by atoms with Gasteiger partial charge in [-0.25, -0.2) is 4.68 Å². The zero-order chi connectivity index (χ0) is 20.4. The van der Waals surface area contributed by atoms with Gasteiger partial charge in [0.2, 0.25) is 5.43 Å². The standard InChI is InChI=1S/C22H14BrN3O3/c23-16-8-5-15(6-9-16)7-14-20-19-3-1-2-4-21(27)22(19)25(24-20)17-10-12-18(13-11-17)26(28)29/h1-14H/b14-7+. The molecule has 7 heteroatoms. The monoisotopic (exact) mass is 447 g/mol. The Bertz CT molecular complexity index is 1290. The Morgan fingerprint density at radius 3 is 2.31 bits per heavy atom. The Morgan fingerprint density at radius 1 is 0.931 bits per heavy atom. The molecule has 0 fully saturated rings. The molecular formula is C22H14BrN3O3. The molecule has 0 aliphatic rings. The third-order valence-corrected chi connectivity index (χ3v) is 4.94. The largest absolute Gasteiger partial charge is 0.288 e. The van der Waals surface area contributed by atoms with Gasteiger partial charge < -0.3 is 0 Å². The van der Waals surface area contributed by atoms with E-state index in [1.54, 1.807) is 24.3 Å². The number of non-ortho nitro benzene ring substituents is 1. The number of nitrogens with zero attached hydrogens (tertiary/aromatic N) is 3. The molecule has 0 saturated carbocycles. The summed E-state index contributed by atoms with van der Waals surface area (Å²) in [5.41, 5.74) is 2.42. The summed E-state index contributed by atoms with van der Waals surface area (Å²) in [5, 5.41) is 16.2. The molecule has 4 rings (SSSR count). The fourth-order valence-electron chi connectivity index (χ4n) is 3.00. The van der Waals surface area contributed by atoms with Gasteiger partial charge in [-0.3, -0.25) is 14.9 Å². The van der Waals surface area contributed by atoms with Crippen LogP contribution < -0.4 is 5.43 Å². The van der Waals surface area contributed by atoms with Gasteiger partial charge in [-0.15, -0.1) is 0 Å². The molecule has 0 saturated heterocycles. The van der Waals surface area contributed by atoms with Crippen LogP contribution in [-0.4, -0.2) is 14.7 Å². The summed E-state index contributed by atoms with van der Waals surface area (Å²) in [7, 11) is 0. The molecule has 0 aliphatic carbocycles. The van der Waals surface area contributed by atoms with E-state index >= 15 is 0 Å². The van der Waals surface area contributed by atoms with Crippen LogP contribution in [0, 0.1) is 10.1 Å². The molecule has 6 nitrogen and oxygen atoms in total. The maximum absolute atomic E-state index is 12.7. The summed E-state index contributed by atoms with van der Waals surface area (Å²) in [6.07, 6.45) is 3.78. The molecule has 3 aromatic carbocycles. The lowest BCUT2D eigenvalue weighted by atomic mass is 10.2. The van der Waals surface area contributed by atoms with Gasteiger partial charge in [-0.05, 0) is 42.0 Å². The minimum Gasteiger partial charge on any atom is -0.288 e. The summed E-state index contributed by atoms with van der Waals surface area (Å²) >= 11 is 3.41. The second kappa shape index (κ2) is 7.81. The van der Waals surface area contributed by atoms with Crippen LogP contribution in [0.25, 0.3) is 28.7 Å². The molecule has 1 heterocycles. The zero-order valence-electron chi connectivity index (χ0n) is 15.0. The maximum atomic E-state index is 12.7. The minimum absolute atomic E-state index is 0.0199. The highest BCUT2D eigenvalue weighted by atomic mass is 79.9. The van der Waals surface area contributed by atoms with Crippen LogP contribution in [0.2, 0.25) is 0 Å². The highest BCUT2D eigenvalue weighted by Gasteiger charge is 2.13. The first-order chi connectivity index (χ1) is 14.0. The highest BCUT2D eigenvalue weighted by Crippen LogP contribution is 2.23. The smallest absolute Gasteiger partial charge is 0.269 e. The Hall–Kier alpha value is -3.58. The van der Waals surface area contributed by atoms with Crippen molar-refractivity contribution in [1.29, 1.82) is 0 Å². The number of hydrogen-bond donors (Lipinski definition) is 0. The predicted octanol–water partition coefficient (Wildman–Crippen LogP) is 5.23. The van der Waals surface area contributed by atoms with E-state index in [2.05, 4.69) is 21.0 Å². The van der Waals surface area contributed by atoms with Crippen molar-refractivity contribution in [2.75, 3.05) is 0 Å². The Kier molecular flexibility index (Phi) is 5.05. The molecular weight excluding hydrogens is 434 g/mol. The zero-order valence-corrected chi connectivity index (χ0v) is 16.6. The molecule has 0 radical (unpaired) electrons. The van der Waals surface area contributed by atoms with Gasteiger partial charge in [-0.1, -0.05) is 52.3 Å². The normalized spacial score (nSPS) is 11.2. The number of nitro benzene ring substituents is 1. The van der Waals surface area contributed by atoms with Crippen LogP contribution in [0.15, 0.2) is 82.1 Å². The predicted molar refractivity (Wildman–Crippen MR) is 117 cm³/mol. The molecule has 0 bridgehead atoms. The topological polar surface area (TPSA) is 78.0 Å². The van der Waals surface area contributed by atoms with E-state index < -0.39 is 4.92 Å². The van der Waals surface area contributed by atoms with Crippen molar-refractivity contribution >= 4 is 44.7 Å². The highest BCUT2D eigenvalue weighted by molar-refractivity contribution is 9.10. The summed E-state index contributed by atoms with van der Waals surface area (Å²) in [6.45, 7) is 0. The SMILES string of the molecule is O=c1ccccc2c(/C=C/c3ccc(Br)cc3)nn(-c3ccc([N+](=O)[O-])cc3)c12. The van der Waals surface area contributed by atoms with Crippen molar-refractivity contribution in [1.82, 2.24) is 9.78 Å². The van der Waals surface area contributed by atoms with Gasteiger partial charge in [0.05, 0.1) is 16.3 Å². The van der Waals surface area contributed by atoms with Crippen molar-refractivity contribution in [3.8, 4) is 5.69 Å². The van der Waals surface area contributed by atoms with E-state index in [0.29, 0.717) is 22.3 Å².